The summed E-state index contributed by atoms with van der Waals surface area (Å²) in [6.07, 6.45) is -5.66. The van der Waals surface area contributed by atoms with Gasteiger partial charge in [-0.2, -0.15) is 26.3 Å². The fraction of sp³-hybridized carbons (Fsp3) is 0.316. The van der Waals surface area contributed by atoms with Gasteiger partial charge in [-0.3, -0.25) is 0 Å². The van der Waals surface area contributed by atoms with E-state index in [1.54, 1.807) is 0 Å². The maximum atomic E-state index is 11.1. The van der Waals surface area contributed by atoms with Crippen LogP contribution in [0.25, 0.3) is 22.9 Å². The average Bonchev–Trinajstić information content (AvgIpc) is 3.18. The van der Waals surface area contributed by atoms with Crippen molar-refractivity contribution >= 4 is 0 Å². The number of hydrogen-bond donors (Lipinski definition) is 1. The number of pyridine rings is 1. The van der Waals surface area contributed by atoms with Crippen LogP contribution in [0.4, 0.5) is 26.3 Å². The van der Waals surface area contributed by atoms with Crippen LogP contribution in [0.1, 0.15) is 0 Å². The molecule has 0 aliphatic carbocycles. The first-order valence-corrected chi connectivity index (χ1v) is 8.78. The number of aliphatic hydroxyl groups excluding tert-OH is 1. The van der Waals surface area contributed by atoms with E-state index in [1.165, 1.54) is 0 Å². The first kappa shape index (κ1) is 24.3. The van der Waals surface area contributed by atoms with Crippen LogP contribution in [-0.2, 0) is 11.3 Å². The molecule has 168 valence electrons. The third-order valence-electron chi connectivity index (χ3n) is 3.47. The summed E-state index contributed by atoms with van der Waals surface area (Å²) in [6.45, 7) is -3.05. The molecule has 12 heteroatoms. The molecule has 3 rings (SSSR count). The molecule has 0 unspecified atom stereocenters. The minimum absolute atomic E-state index is 0.114. The minimum atomic E-state index is -4.70. The molecule has 0 aliphatic rings. The molecular weight excluding hydrogens is 432 g/mol. The van der Waals surface area contributed by atoms with E-state index in [1.807, 2.05) is 59.4 Å². The Morgan fingerprint density at radius 3 is 1.74 bits per heavy atom. The lowest BCUT2D eigenvalue weighted by molar-refractivity contribution is -0.698. The first-order chi connectivity index (χ1) is 14.6. The highest BCUT2D eigenvalue weighted by Crippen LogP contribution is 2.22. The standard InChI is InChI=1S/C15H14N3O2.C4H4F6O/c19-11-10-18-8-6-13(7-9-18)15-17-16-14(20-15)12-4-2-1-3-5-12;5-3(6,7)1-11-2-4(8,9)10/h1-9,19H,10-11H2;1-2H2/q+1;. The molecule has 0 radical (unpaired) electrons. The molecule has 0 aliphatic heterocycles. The third-order valence-corrected chi connectivity index (χ3v) is 3.47. The molecule has 31 heavy (non-hydrogen) atoms. The van der Waals surface area contributed by atoms with Crippen molar-refractivity contribution in [1.82, 2.24) is 10.2 Å². The van der Waals surface area contributed by atoms with Crippen molar-refractivity contribution in [1.29, 1.82) is 0 Å². The quantitative estimate of drug-likeness (QED) is 0.457. The molecule has 0 atom stereocenters. The van der Waals surface area contributed by atoms with Crippen molar-refractivity contribution in [2.45, 2.75) is 18.9 Å². The molecule has 0 amide bonds. The normalized spacial score (nSPS) is 11.7. The van der Waals surface area contributed by atoms with E-state index in [4.69, 9.17) is 9.52 Å². The van der Waals surface area contributed by atoms with Gasteiger partial charge in [-0.25, -0.2) is 4.57 Å². The average molecular weight is 450 g/mol. The van der Waals surface area contributed by atoms with Gasteiger partial charge in [0.2, 0.25) is 11.8 Å². The number of aliphatic hydroxyl groups is 1. The van der Waals surface area contributed by atoms with Crippen molar-refractivity contribution in [3.05, 3.63) is 54.9 Å². The lowest BCUT2D eigenvalue weighted by atomic mass is 10.2. The molecule has 0 bridgehead atoms. The van der Waals surface area contributed by atoms with E-state index >= 15 is 0 Å². The SMILES string of the molecule is FC(F)(F)COCC(F)(F)F.OCC[n+]1ccc(-c2nnc(-c3ccccc3)o2)cc1. The van der Waals surface area contributed by atoms with Gasteiger partial charge in [0.1, 0.15) is 19.8 Å². The van der Waals surface area contributed by atoms with Gasteiger partial charge < -0.3 is 14.3 Å². The number of halogens is 6. The van der Waals surface area contributed by atoms with E-state index in [0.717, 1.165) is 11.1 Å². The molecule has 3 aromatic rings. The van der Waals surface area contributed by atoms with Crippen LogP contribution < -0.4 is 4.57 Å². The zero-order valence-electron chi connectivity index (χ0n) is 15.9. The zero-order valence-corrected chi connectivity index (χ0v) is 15.9. The Morgan fingerprint density at radius 1 is 0.806 bits per heavy atom. The Balaban J connectivity index is 0.000000267. The third kappa shape index (κ3) is 9.13. The lowest BCUT2D eigenvalue weighted by Gasteiger charge is -2.09. The smallest absolute Gasteiger partial charge is 0.411 e. The molecule has 2 aromatic heterocycles. The van der Waals surface area contributed by atoms with E-state index in [9.17, 15) is 26.3 Å². The molecular formula is C19H18F6N3O3+. The Hall–Kier alpha value is -2.99. The van der Waals surface area contributed by atoms with E-state index < -0.39 is 25.6 Å². The molecule has 0 saturated carbocycles. The largest absolute Gasteiger partial charge is 0.416 e. The van der Waals surface area contributed by atoms with E-state index in [-0.39, 0.29) is 6.61 Å². The number of aromatic nitrogens is 3. The Kier molecular flexibility index (Phi) is 8.51. The predicted molar refractivity (Wildman–Crippen MR) is 95.4 cm³/mol. The molecule has 1 aromatic carbocycles. The highest BCUT2D eigenvalue weighted by atomic mass is 19.4. The van der Waals surface area contributed by atoms with Gasteiger partial charge in [-0.15, -0.1) is 10.2 Å². The maximum Gasteiger partial charge on any atom is 0.411 e. The highest BCUT2D eigenvalue weighted by Gasteiger charge is 2.32. The van der Waals surface area contributed by atoms with Gasteiger partial charge in [-0.1, -0.05) is 18.2 Å². The number of hydrogen-bond acceptors (Lipinski definition) is 5. The zero-order chi connectivity index (χ0) is 22.9. The van der Waals surface area contributed by atoms with Crippen LogP contribution in [0.15, 0.2) is 59.3 Å². The topological polar surface area (TPSA) is 72.3 Å². The molecule has 0 saturated heterocycles. The van der Waals surface area contributed by atoms with Crippen molar-refractivity contribution in [3.63, 3.8) is 0 Å². The Bertz CT molecular complexity index is 898. The van der Waals surface area contributed by atoms with Crippen molar-refractivity contribution < 1.29 is 45.2 Å². The summed E-state index contributed by atoms with van der Waals surface area (Å²) in [6, 6.07) is 13.4. The number of nitrogens with zero attached hydrogens (tertiary/aromatic N) is 3. The second kappa shape index (κ2) is 10.9. The second-order valence-electron chi connectivity index (χ2n) is 6.05. The van der Waals surface area contributed by atoms with Gasteiger partial charge in [0.15, 0.2) is 18.9 Å². The van der Waals surface area contributed by atoms with E-state index in [0.29, 0.717) is 18.3 Å². The number of benzene rings is 1. The van der Waals surface area contributed by atoms with Crippen molar-refractivity contribution in [2.75, 3.05) is 19.8 Å². The van der Waals surface area contributed by atoms with Gasteiger partial charge >= 0.3 is 12.4 Å². The number of rotatable bonds is 6. The second-order valence-corrected chi connectivity index (χ2v) is 6.05. The summed E-state index contributed by atoms with van der Waals surface area (Å²) in [5.41, 5.74) is 1.76. The summed E-state index contributed by atoms with van der Waals surface area (Å²) in [5, 5.41) is 17.0. The molecule has 1 N–H and O–H groups in total. The van der Waals surface area contributed by atoms with Crippen molar-refractivity contribution in [3.8, 4) is 22.9 Å². The van der Waals surface area contributed by atoms with Gasteiger partial charge in [0, 0.05) is 17.7 Å². The van der Waals surface area contributed by atoms with E-state index in [2.05, 4.69) is 14.9 Å². The summed E-state index contributed by atoms with van der Waals surface area (Å²) in [5.74, 6) is 0.993. The minimum Gasteiger partial charge on any atom is -0.416 e. The molecule has 0 spiro atoms. The summed E-state index contributed by atoms with van der Waals surface area (Å²) < 4.78 is 77.7. The summed E-state index contributed by atoms with van der Waals surface area (Å²) in [4.78, 5) is 0. The Morgan fingerprint density at radius 2 is 1.29 bits per heavy atom. The number of ether oxygens (including phenoxy) is 1. The van der Waals surface area contributed by atoms with Crippen LogP contribution in [0.2, 0.25) is 0 Å². The van der Waals surface area contributed by atoms with Crippen LogP contribution in [-0.4, -0.2) is 47.5 Å². The van der Waals surface area contributed by atoms with Crippen LogP contribution >= 0.6 is 0 Å². The maximum absolute atomic E-state index is 11.1. The van der Waals surface area contributed by atoms with Crippen molar-refractivity contribution in [2.24, 2.45) is 0 Å². The first-order valence-electron chi connectivity index (χ1n) is 8.78. The predicted octanol–water partition coefficient (Wildman–Crippen LogP) is 3.81. The monoisotopic (exact) mass is 450 g/mol. The highest BCUT2D eigenvalue weighted by molar-refractivity contribution is 5.56. The molecule has 6 nitrogen and oxygen atoms in total. The van der Waals surface area contributed by atoms with Crippen LogP contribution in [0.5, 0.6) is 0 Å². The van der Waals surface area contributed by atoms with Gasteiger partial charge in [0.25, 0.3) is 0 Å². The van der Waals surface area contributed by atoms with Gasteiger partial charge in [-0.05, 0) is 12.1 Å². The van der Waals surface area contributed by atoms with Crippen LogP contribution in [0.3, 0.4) is 0 Å². The van der Waals surface area contributed by atoms with Gasteiger partial charge in [0.05, 0.1) is 5.56 Å². The summed E-state index contributed by atoms with van der Waals surface area (Å²) >= 11 is 0. The Labute approximate surface area is 172 Å². The molecule has 0 fully saturated rings. The number of alkyl halides is 6. The fourth-order valence-corrected chi connectivity index (χ4v) is 2.18. The molecule has 2 heterocycles. The lowest BCUT2D eigenvalue weighted by Crippen LogP contribution is -2.34. The summed E-state index contributed by atoms with van der Waals surface area (Å²) in [7, 11) is 0. The fourth-order valence-electron chi connectivity index (χ4n) is 2.18. The van der Waals surface area contributed by atoms with Crippen LogP contribution in [0, 0.1) is 0 Å².